The van der Waals surface area contributed by atoms with Crippen LogP contribution in [0.2, 0.25) is 0 Å². The van der Waals surface area contributed by atoms with Crippen LogP contribution in [-0.4, -0.2) is 78.0 Å². The van der Waals surface area contributed by atoms with Crippen LogP contribution in [0.15, 0.2) is 4.79 Å². The number of carbonyl (C=O) groups excluding carboxylic acids is 1. The van der Waals surface area contributed by atoms with Crippen LogP contribution in [0.3, 0.4) is 0 Å². The minimum absolute atomic E-state index is 0.115. The van der Waals surface area contributed by atoms with Gasteiger partial charge in [-0.1, -0.05) is 0 Å². The number of fused-ring (bicyclic) bond motifs is 1. The molecule has 0 aliphatic carbocycles. The Morgan fingerprint density at radius 1 is 1.22 bits per heavy atom. The second kappa shape index (κ2) is 8.89. The monoisotopic (exact) mass is 459 g/mol. The van der Waals surface area contributed by atoms with E-state index >= 15 is 4.39 Å². The molecule has 9 nitrogen and oxygen atoms in total. The van der Waals surface area contributed by atoms with E-state index < -0.39 is 35.8 Å². The molecule has 2 saturated heterocycles. The number of aromatic nitrogens is 2. The number of carbonyl (C=O) groups is 1. The molecule has 1 aromatic rings. The third kappa shape index (κ3) is 4.29. The smallest absolute Gasteiger partial charge is 0.293 e. The van der Waals surface area contributed by atoms with Gasteiger partial charge in [-0.2, -0.15) is 9.37 Å². The summed E-state index contributed by atoms with van der Waals surface area (Å²) in [6.07, 6.45) is 1.43. The molecular formula is C20H28F3N5O4. The van der Waals surface area contributed by atoms with Crippen molar-refractivity contribution in [3.63, 3.8) is 0 Å². The van der Waals surface area contributed by atoms with Crippen LogP contribution in [0.4, 0.5) is 24.9 Å². The zero-order valence-corrected chi connectivity index (χ0v) is 18.2. The molecule has 3 aliphatic heterocycles. The highest BCUT2D eigenvalue weighted by molar-refractivity contribution is 5.80. The van der Waals surface area contributed by atoms with E-state index in [1.54, 1.807) is 11.8 Å². The van der Waals surface area contributed by atoms with E-state index in [1.807, 2.05) is 0 Å². The molecular weight excluding hydrogens is 431 g/mol. The summed E-state index contributed by atoms with van der Waals surface area (Å²) in [5, 5.41) is 1.17. The molecule has 0 aromatic carbocycles. The van der Waals surface area contributed by atoms with Gasteiger partial charge in [0.25, 0.3) is 17.4 Å². The topological polar surface area (TPSA) is 80.1 Å². The van der Waals surface area contributed by atoms with Gasteiger partial charge in [-0.25, -0.2) is 13.8 Å². The Morgan fingerprint density at radius 2 is 2.00 bits per heavy atom. The molecule has 1 amide bonds. The van der Waals surface area contributed by atoms with Crippen LogP contribution >= 0.6 is 0 Å². The Labute approximate surface area is 183 Å². The summed E-state index contributed by atoms with van der Waals surface area (Å²) < 4.78 is 50.5. The van der Waals surface area contributed by atoms with E-state index in [0.29, 0.717) is 32.9 Å². The fourth-order valence-electron chi connectivity index (χ4n) is 4.43. The van der Waals surface area contributed by atoms with Gasteiger partial charge in [0, 0.05) is 26.6 Å². The van der Waals surface area contributed by atoms with Gasteiger partial charge >= 0.3 is 0 Å². The first kappa shape index (κ1) is 22.8. The summed E-state index contributed by atoms with van der Waals surface area (Å²) in [5.41, 5.74) is -0.937. The summed E-state index contributed by atoms with van der Waals surface area (Å²) >= 11 is 0. The van der Waals surface area contributed by atoms with Crippen LogP contribution in [0.25, 0.3) is 0 Å². The lowest BCUT2D eigenvalue weighted by Gasteiger charge is -2.42. The average molecular weight is 459 g/mol. The van der Waals surface area contributed by atoms with Gasteiger partial charge in [0.05, 0.1) is 31.9 Å². The zero-order chi connectivity index (χ0) is 23.0. The second-order valence-electron chi connectivity index (χ2n) is 8.55. The molecule has 12 heteroatoms. The van der Waals surface area contributed by atoms with Gasteiger partial charge in [0.1, 0.15) is 6.54 Å². The molecule has 3 aliphatic rings. The van der Waals surface area contributed by atoms with Crippen molar-refractivity contribution in [1.29, 1.82) is 0 Å². The number of ether oxygens (including phenoxy) is 1. The number of alkyl halides is 2. The Bertz CT molecular complexity index is 916. The molecule has 1 unspecified atom stereocenters. The van der Waals surface area contributed by atoms with Gasteiger partial charge in [-0.05, 0) is 26.2 Å². The van der Waals surface area contributed by atoms with Crippen molar-refractivity contribution in [2.24, 2.45) is 0 Å². The molecule has 0 saturated carbocycles. The van der Waals surface area contributed by atoms with Gasteiger partial charge in [-0.3, -0.25) is 19.0 Å². The number of morpholine rings is 1. The molecule has 32 heavy (non-hydrogen) atoms. The van der Waals surface area contributed by atoms with Crippen molar-refractivity contribution in [2.75, 3.05) is 49.3 Å². The molecule has 0 radical (unpaired) electrons. The Kier molecular flexibility index (Phi) is 6.35. The fourth-order valence-corrected chi connectivity index (χ4v) is 4.43. The highest BCUT2D eigenvalue weighted by Gasteiger charge is 2.44. The van der Waals surface area contributed by atoms with Crippen LogP contribution in [0, 0.1) is 5.82 Å². The van der Waals surface area contributed by atoms with Crippen LogP contribution in [0.1, 0.15) is 33.1 Å². The number of anilines is 2. The number of hydroxylamine groups is 2. The quantitative estimate of drug-likeness (QED) is 0.673. The standard InChI is InChI=1S/C20H28F3N5O4/c1-13-12-31-10-8-25(13)17-16(21)18(30)26-7-5-14(20(2,22)23)27(19(26)24-17)11-15(29)28-6-3-4-9-32-28/h13-14H,3-12H2,1-2H3/t13-,14?/m1/s1. The lowest BCUT2D eigenvalue weighted by Crippen LogP contribution is -2.57. The lowest BCUT2D eigenvalue weighted by atomic mass is 10.0. The van der Waals surface area contributed by atoms with Gasteiger partial charge < -0.3 is 14.5 Å². The number of rotatable bonds is 4. The van der Waals surface area contributed by atoms with Crippen molar-refractivity contribution in [1.82, 2.24) is 14.6 Å². The van der Waals surface area contributed by atoms with Gasteiger partial charge in [0.15, 0.2) is 5.82 Å². The van der Waals surface area contributed by atoms with Crippen molar-refractivity contribution < 1.29 is 27.5 Å². The summed E-state index contributed by atoms with van der Waals surface area (Å²) in [4.78, 5) is 38.1. The Hall–Kier alpha value is -2.34. The highest BCUT2D eigenvalue weighted by atomic mass is 19.3. The molecule has 178 valence electrons. The van der Waals surface area contributed by atoms with Crippen LogP contribution < -0.4 is 15.4 Å². The van der Waals surface area contributed by atoms with Crippen LogP contribution in [-0.2, 0) is 20.9 Å². The minimum atomic E-state index is -3.17. The molecule has 2 fully saturated rings. The van der Waals surface area contributed by atoms with Crippen molar-refractivity contribution >= 4 is 17.7 Å². The van der Waals surface area contributed by atoms with E-state index in [9.17, 15) is 18.4 Å². The number of hydrogen-bond donors (Lipinski definition) is 0. The highest BCUT2D eigenvalue weighted by Crippen LogP contribution is 2.34. The largest absolute Gasteiger partial charge is 0.377 e. The zero-order valence-electron chi connectivity index (χ0n) is 18.2. The summed E-state index contributed by atoms with van der Waals surface area (Å²) in [5.74, 6) is -5.05. The van der Waals surface area contributed by atoms with Crippen LogP contribution in [0.5, 0.6) is 0 Å². The first-order chi connectivity index (χ1) is 15.2. The molecule has 4 rings (SSSR count). The predicted octanol–water partition coefficient (Wildman–Crippen LogP) is 1.40. The normalized spacial score (nSPS) is 24.5. The number of halogens is 3. The fraction of sp³-hybridized carbons (Fsp3) is 0.750. The molecule has 1 aromatic heterocycles. The third-order valence-electron chi connectivity index (χ3n) is 6.15. The summed E-state index contributed by atoms with van der Waals surface area (Å²) in [6.45, 7) is 3.70. The van der Waals surface area contributed by atoms with E-state index in [-0.39, 0.29) is 30.8 Å². The average Bonchev–Trinajstić information content (AvgIpc) is 2.76. The van der Waals surface area contributed by atoms with Crippen molar-refractivity contribution in [3.8, 4) is 0 Å². The summed E-state index contributed by atoms with van der Waals surface area (Å²) in [7, 11) is 0. The SMILES string of the molecule is C[C@@H]1COCCN1c1nc2n(c(=O)c1F)CCC(C(C)(F)F)N2CC(=O)N1CCCCO1. The number of hydrogen-bond acceptors (Lipinski definition) is 7. The molecule has 2 atom stereocenters. The van der Waals surface area contributed by atoms with Gasteiger partial charge in [-0.15, -0.1) is 0 Å². The Morgan fingerprint density at radius 3 is 2.66 bits per heavy atom. The number of amides is 1. The third-order valence-corrected chi connectivity index (χ3v) is 6.15. The molecule has 0 spiro atoms. The maximum atomic E-state index is 15.0. The minimum Gasteiger partial charge on any atom is -0.377 e. The first-order valence-corrected chi connectivity index (χ1v) is 10.9. The molecule has 0 bridgehead atoms. The summed E-state index contributed by atoms with van der Waals surface area (Å²) in [6, 6.07) is -1.62. The molecule has 0 N–H and O–H groups in total. The maximum Gasteiger partial charge on any atom is 0.293 e. The van der Waals surface area contributed by atoms with E-state index in [0.717, 1.165) is 29.2 Å². The first-order valence-electron chi connectivity index (χ1n) is 10.9. The second-order valence-corrected chi connectivity index (χ2v) is 8.55. The predicted molar refractivity (Wildman–Crippen MR) is 109 cm³/mol. The van der Waals surface area contributed by atoms with E-state index in [2.05, 4.69) is 4.98 Å². The Balaban J connectivity index is 1.75. The van der Waals surface area contributed by atoms with E-state index in [4.69, 9.17) is 9.57 Å². The van der Waals surface area contributed by atoms with E-state index in [1.165, 1.54) is 5.06 Å². The van der Waals surface area contributed by atoms with Crippen molar-refractivity contribution in [2.45, 2.75) is 57.7 Å². The van der Waals surface area contributed by atoms with Crippen molar-refractivity contribution in [3.05, 3.63) is 16.2 Å². The lowest BCUT2D eigenvalue weighted by molar-refractivity contribution is -0.195. The maximum absolute atomic E-state index is 15.0. The molecule has 4 heterocycles. The number of nitrogens with zero attached hydrogens (tertiary/aromatic N) is 5. The van der Waals surface area contributed by atoms with Gasteiger partial charge in [0.2, 0.25) is 11.8 Å².